The molecule has 1 aliphatic heterocycles. The molecule has 6 rings (SSSR count). The molecule has 2 aliphatic rings. The minimum absolute atomic E-state index is 0.0000810. The quantitative estimate of drug-likeness (QED) is 0.196. The third kappa shape index (κ3) is 8.99. The summed E-state index contributed by atoms with van der Waals surface area (Å²) in [6.07, 6.45) is 12.0. The minimum atomic E-state index is -3.34. The lowest BCUT2D eigenvalue weighted by Gasteiger charge is -2.16. The van der Waals surface area contributed by atoms with Crippen molar-refractivity contribution in [2.24, 2.45) is 16.8 Å². The van der Waals surface area contributed by atoms with E-state index in [0.717, 1.165) is 28.0 Å². The molecule has 0 spiro atoms. The van der Waals surface area contributed by atoms with E-state index in [1.165, 1.54) is 11.1 Å². The van der Waals surface area contributed by atoms with Crippen LogP contribution in [0.15, 0.2) is 94.9 Å². The van der Waals surface area contributed by atoms with E-state index in [4.69, 9.17) is 0 Å². The van der Waals surface area contributed by atoms with E-state index < -0.39 is 19.7 Å². The smallest absolute Gasteiger partial charge is 0.161 e. The number of aromatic nitrogens is 5. The van der Waals surface area contributed by atoms with Gasteiger partial charge >= 0.3 is 0 Å². The van der Waals surface area contributed by atoms with Crippen molar-refractivity contribution < 1.29 is 16.8 Å². The van der Waals surface area contributed by atoms with Crippen LogP contribution in [-0.2, 0) is 36.9 Å². The number of nitrogens with zero attached hydrogens (tertiary/aromatic N) is 6. The van der Waals surface area contributed by atoms with Gasteiger partial charge in [-0.2, -0.15) is 20.4 Å². The van der Waals surface area contributed by atoms with E-state index in [9.17, 15) is 16.8 Å². The van der Waals surface area contributed by atoms with Gasteiger partial charge in [0.25, 0.3) is 0 Å². The molecule has 4 aromatic rings. The summed E-state index contributed by atoms with van der Waals surface area (Å²) in [6.45, 7) is 12.2. The van der Waals surface area contributed by atoms with E-state index >= 15 is 0 Å². The predicted octanol–water partition coefficient (Wildman–Crippen LogP) is 6.08. The number of hydrogen-bond acceptors (Lipinski definition) is 9. The fourth-order valence-electron chi connectivity index (χ4n) is 5.47. The van der Waals surface area contributed by atoms with Gasteiger partial charge in [0.15, 0.2) is 19.7 Å². The average molecular weight is 687 g/mol. The van der Waals surface area contributed by atoms with Crippen LogP contribution in [-0.4, -0.2) is 53.6 Å². The number of fused-ring (bicyclic) bond motifs is 2. The highest BCUT2D eigenvalue weighted by Crippen LogP contribution is 2.32. The van der Waals surface area contributed by atoms with Gasteiger partial charge in [0.1, 0.15) is 0 Å². The maximum absolute atomic E-state index is 12.5. The highest BCUT2D eigenvalue weighted by molar-refractivity contribution is 7.90. The van der Waals surface area contributed by atoms with Crippen LogP contribution in [0.3, 0.4) is 0 Å². The normalized spacial score (nSPS) is 16.0. The summed E-state index contributed by atoms with van der Waals surface area (Å²) in [6, 6.07) is 12.9. The van der Waals surface area contributed by atoms with Crippen LogP contribution in [0, 0.1) is 25.7 Å². The predicted molar refractivity (Wildman–Crippen MR) is 190 cm³/mol. The summed E-state index contributed by atoms with van der Waals surface area (Å²) < 4.78 is 51.9. The zero-order chi connectivity index (χ0) is 34.6. The first kappa shape index (κ1) is 35.0. The Morgan fingerprint density at radius 1 is 0.708 bits per heavy atom. The number of aryl methyl sites for hydroxylation is 2. The monoisotopic (exact) mass is 686 g/mol. The van der Waals surface area contributed by atoms with Crippen molar-refractivity contribution in [3.8, 4) is 0 Å². The molecule has 0 amide bonds. The minimum Gasteiger partial charge on any atom is -0.323 e. The van der Waals surface area contributed by atoms with Gasteiger partial charge in [-0.1, -0.05) is 52.0 Å². The van der Waals surface area contributed by atoms with Gasteiger partial charge in [0, 0.05) is 30.0 Å². The second-order valence-electron chi connectivity index (χ2n) is 13.0. The number of pyridine rings is 1. The molecule has 12 heteroatoms. The molecule has 0 fully saturated rings. The molecule has 252 valence electrons. The molecule has 0 N–H and O–H groups in total. The number of aliphatic imine (C=N–C) groups is 1. The first-order chi connectivity index (χ1) is 22.7. The van der Waals surface area contributed by atoms with Gasteiger partial charge in [-0.25, -0.2) is 16.8 Å². The van der Waals surface area contributed by atoms with Gasteiger partial charge in [0.2, 0.25) is 0 Å². The zero-order valence-electron chi connectivity index (χ0n) is 28.2. The summed E-state index contributed by atoms with van der Waals surface area (Å²) in [4.78, 5) is 4.36. The maximum atomic E-state index is 12.5. The van der Waals surface area contributed by atoms with Crippen molar-refractivity contribution in [1.82, 2.24) is 24.8 Å². The first-order valence-corrected chi connectivity index (χ1v) is 19.6. The van der Waals surface area contributed by atoms with Crippen molar-refractivity contribution in [1.29, 1.82) is 0 Å². The molecule has 5 heterocycles. The van der Waals surface area contributed by atoms with Crippen LogP contribution < -0.4 is 0 Å². The van der Waals surface area contributed by atoms with E-state index in [0.29, 0.717) is 28.9 Å². The van der Waals surface area contributed by atoms with Gasteiger partial charge < -0.3 is 4.40 Å². The zero-order valence-corrected chi connectivity index (χ0v) is 29.8. The molecule has 0 radical (unpaired) electrons. The van der Waals surface area contributed by atoms with E-state index in [2.05, 4.69) is 77.5 Å². The molecular formula is C36H42N6O4S2. The van der Waals surface area contributed by atoms with Gasteiger partial charge in [-0.15, -0.1) is 0 Å². The van der Waals surface area contributed by atoms with Crippen LogP contribution in [0.5, 0.6) is 0 Å². The Morgan fingerprint density at radius 3 is 1.90 bits per heavy atom. The number of allylic oxidation sites excluding steroid dienone is 5. The third-order valence-corrected chi connectivity index (χ3v) is 11.1. The highest BCUT2D eigenvalue weighted by Gasteiger charge is 2.26. The van der Waals surface area contributed by atoms with Crippen molar-refractivity contribution in [2.75, 3.05) is 5.75 Å². The summed E-state index contributed by atoms with van der Waals surface area (Å²) in [5.41, 5.74) is 8.32. The molecule has 0 saturated heterocycles. The lowest BCUT2D eigenvalue weighted by molar-refractivity contribution is 0.592. The highest BCUT2D eigenvalue weighted by atomic mass is 32.2. The fraction of sp³-hybridized carbons (Fsp3) is 0.361. The van der Waals surface area contributed by atoms with Crippen LogP contribution >= 0.6 is 0 Å². The Labute approximate surface area is 283 Å². The van der Waals surface area contributed by atoms with Crippen molar-refractivity contribution >= 4 is 31.4 Å². The molecule has 1 atom stereocenters. The maximum Gasteiger partial charge on any atom is 0.161 e. The van der Waals surface area contributed by atoms with Crippen molar-refractivity contribution in [3.05, 3.63) is 124 Å². The SMILES string of the molecule is Cc1ccc(CS(=O)(=O)CC2=C3C=CC(C(C)C)=CC3C=N2)nn1.Cc1ccc(CS(=O)(=O)Cc2ccn3cc(C(C)C)ccc23)nn1. The number of rotatable bonds is 10. The van der Waals surface area contributed by atoms with E-state index in [-0.39, 0.29) is 28.9 Å². The molecule has 48 heavy (non-hydrogen) atoms. The molecule has 0 bridgehead atoms. The summed E-state index contributed by atoms with van der Waals surface area (Å²) in [5, 5.41) is 15.7. The second kappa shape index (κ2) is 14.4. The van der Waals surface area contributed by atoms with Gasteiger partial charge in [-0.3, -0.25) is 4.99 Å². The standard InChI is InChI=1S/2C18H21N3O2S/c1-12(2)14-5-7-17-15(8-14)9-19-18(17)11-24(22,23)10-16-6-4-13(3)20-21-16;1-13(2)15-5-7-18-16(8-9-21(18)10-15)11-24(22,23)12-17-6-4-14(3)19-20-17/h4-9,12,15H,10-11H2,1-3H3;4-10,13H,11-12H2,1-3H3. The van der Waals surface area contributed by atoms with Gasteiger partial charge in [0.05, 0.1) is 51.5 Å². The van der Waals surface area contributed by atoms with Gasteiger partial charge in [-0.05, 0) is 84.4 Å². The molecule has 0 aromatic carbocycles. The Balaban J connectivity index is 0.000000188. The summed E-state index contributed by atoms with van der Waals surface area (Å²) in [7, 11) is -6.64. The number of sulfone groups is 2. The molecule has 4 aromatic heterocycles. The van der Waals surface area contributed by atoms with Crippen LogP contribution in [0.1, 0.15) is 67.5 Å². The van der Waals surface area contributed by atoms with E-state index in [1.54, 1.807) is 24.3 Å². The molecule has 1 aliphatic carbocycles. The average Bonchev–Trinajstić information content (AvgIpc) is 3.61. The summed E-state index contributed by atoms with van der Waals surface area (Å²) in [5.74, 6) is 0.695. The molecule has 10 nitrogen and oxygen atoms in total. The van der Waals surface area contributed by atoms with E-state index in [1.807, 2.05) is 48.9 Å². The molecular weight excluding hydrogens is 645 g/mol. The Bertz CT molecular complexity index is 2130. The largest absolute Gasteiger partial charge is 0.323 e. The Morgan fingerprint density at radius 2 is 1.33 bits per heavy atom. The summed E-state index contributed by atoms with van der Waals surface area (Å²) >= 11 is 0. The number of hydrogen-bond donors (Lipinski definition) is 0. The topological polar surface area (TPSA) is 137 Å². The Kier molecular flexibility index (Phi) is 10.5. The molecule has 1 unspecified atom stereocenters. The lowest BCUT2D eigenvalue weighted by Crippen LogP contribution is -2.13. The third-order valence-electron chi connectivity index (χ3n) is 8.18. The fourth-order valence-corrected chi connectivity index (χ4v) is 8.26. The van der Waals surface area contributed by atoms with Crippen LogP contribution in [0.4, 0.5) is 0 Å². The van der Waals surface area contributed by atoms with Crippen LogP contribution in [0.2, 0.25) is 0 Å². The van der Waals surface area contributed by atoms with Crippen molar-refractivity contribution in [3.63, 3.8) is 0 Å². The molecule has 0 saturated carbocycles. The van der Waals surface area contributed by atoms with Crippen LogP contribution in [0.25, 0.3) is 5.52 Å². The second-order valence-corrected chi connectivity index (χ2v) is 17.1. The van der Waals surface area contributed by atoms with Crippen molar-refractivity contribution in [2.45, 2.75) is 64.7 Å². The Hall–Kier alpha value is -4.29. The first-order valence-electron chi connectivity index (χ1n) is 15.9. The lowest BCUT2D eigenvalue weighted by atomic mass is 9.88.